The van der Waals surface area contributed by atoms with Crippen LogP contribution in [0.3, 0.4) is 0 Å². The third-order valence-corrected chi connectivity index (χ3v) is 15.2. The molecule has 6 fully saturated rings. The lowest BCUT2D eigenvalue weighted by atomic mass is 9.70. The molecule has 2 aliphatic heterocycles. The van der Waals surface area contributed by atoms with E-state index in [2.05, 4.69) is 102 Å². The highest BCUT2D eigenvalue weighted by Crippen LogP contribution is 2.71. The molecule has 0 amide bonds. The summed E-state index contributed by atoms with van der Waals surface area (Å²) in [6.45, 7) is 21.7. The first-order chi connectivity index (χ1) is 22.0. The lowest BCUT2D eigenvalue weighted by molar-refractivity contribution is -0.0756. The molecule has 0 aromatic carbocycles. The molecule has 0 unspecified atom stereocenters. The summed E-state index contributed by atoms with van der Waals surface area (Å²) in [7, 11) is 0. The zero-order valence-electron chi connectivity index (χ0n) is 29.8. The fourth-order valence-electron chi connectivity index (χ4n) is 11.7. The topological polar surface area (TPSA) is 50.7 Å². The van der Waals surface area contributed by atoms with E-state index in [0.717, 1.165) is 35.9 Å². The van der Waals surface area contributed by atoms with Gasteiger partial charge in [0.15, 0.2) is 12.5 Å². The quantitative estimate of drug-likeness (QED) is 0.277. The van der Waals surface area contributed by atoms with Gasteiger partial charge in [0.25, 0.3) is 0 Å². The Bertz CT molecular complexity index is 1370. The van der Waals surface area contributed by atoms with Crippen LogP contribution in [0.2, 0.25) is 0 Å². The number of ether oxygens (including phenoxy) is 2. The van der Waals surface area contributed by atoms with Crippen molar-refractivity contribution in [3.05, 3.63) is 47.8 Å². The maximum Gasteiger partial charge on any atom is 0.154 e. The summed E-state index contributed by atoms with van der Waals surface area (Å²) < 4.78 is 14.2. The summed E-state index contributed by atoms with van der Waals surface area (Å²) in [5, 5.41) is 0. The van der Waals surface area contributed by atoms with Gasteiger partial charge in [-0.2, -0.15) is 0 Å². The fourth-order valence-corrected chi connectivity index (χ4v) is 11.7. The standard InChI is InChI=1S/C40H58N4O2/c1-9-11-23-43-31-25-19-21-39(7,37(25,3)4)33(31)45-35(43)29-17-13-15-27(41-29)28-16-14-18-30(42-28)36-44(24-12-10-2)32-26-20-22-40(8,34(32)46-36)38(26,5)6/h13-18,25-26,31-36H,9-12,19-24H2,1-8H3/t25-,26-,31+,32+,33+,34+,35+,36+,39-,40-/m0/s1. The van der Waals surface area contributed by atoms with Crippen molar-refractivity contribution in [2.45, 2.75) is 144 Å². The summed E-state index contributed by atoms with van der Waals surface area (Å²) in [6, 6.07) is 13.9. The van der Waals surface area contributed by atoms with Gasteiger partial charge in [0, 0.05) is 36.0 Å². The Morgan fingerprint density at radius 1 is 0.652 bits per heavy atom. The van der Waals surface area contributed by atoms with Crippen molar-refractivity contribution in [1.29, 1.82) is 0 Å². The van der Waals surface area contributed by atoms with Crippen molar-refractivity contribution in [3.8, 4) is 11.4 Å². The first-order valence-electron chi connectivity index (χ1n) is 18.7. The van der Waals surface area contributed by atoms with E-state index >= 15 is 0 Å². The molecule has 2 saturated heterocycles. The second kappa shape index (κ2) is 10.8. The molecule has 8 rings (SSSR count). The molecule has 4 aliphatic carbocycles. The van der Waals surface area contributed by atoms with Gasteiger partial charge >= 0.3 is 0 Å². The molecule has 0 radical (unpaired) electrons. The molecular weight excluding hydrogens is 568 g/mol. The molecule has 6 aliphatic rings. The van der Waals surface area contributed by atoms with Crippen LogP contribution in [0.5, 0.6) is 0 Å². The van der Waals surface area contributed by atoms with Crippen LogP contribution in [0.25, 0.3) is 11.4 Å². The third kappa shape index (κ3) is 4.08. The second-order valence-corrected chi connectivity index (χ2v) is 17.4. The van der Waals surface area contributed by atoms with Gasteiger partial charge in [-0.25, -0.2) is 9.97 Å². The van der Waals surface area contributed by atoms with E-state index in [4.69, 9.17) is 19.4 Å². The smallest absolute Gasteiger partial charge is 0.154 e. The van der Waals surface area contributed by atoms with E-state index in [1.807, 2.05) is 0 Å². The Morgan fingerprint density at radius 3 is 1.46 bits per heavy atom. The van der Waals surface area contributed by atoms with Crippen LogP contribution < -0.4 is 0 Å². The number of hydrogen-bond acceptors (Lipinski definition) is 6. The number of hydrogen-bond donors (Lipinski definition) is 0. The molecule has 4 heterocycles. The summed E-state index contributed by atoms with van der Waals surface area (Å²) in [6.07, 6.45) is 10.2. The predicted molar refractivity (Wildman–Crippen MR) is 183 cm³/mol. The Morgan fingerprint density at radius 2 is 1.07 bits per heavy atom. The number of rotatable bonds is 9. The average molecular weight is 627 g/mol. The lowest BCUT2D eigenvalue weighted by Gasteiger charge is -2.38. The van der Waals surface area contributed by atoms with Gasteiger partial charge < -0.3 is 9.47 Å². The van der Waals surface area contributed by atoms with Crippen molar-refractivity contribution >= 4 is 0 Å². The SMILES string of the molecule is CCCCN1[C@H]2[C@@H](O[C@@H]1c1cccc(-c3cccc([C@H]4O[C@@H]5[C@@H]([C@@H]6CC[C@]5(C)C6(C)C)N4CCCC)n3)n1)[C@]1(C)CC[C@@H]2C1(C)C. The van der Waals surface area contributed by atoms with Crippen LogP contribution in [0.15, 0.2) is 36.4 Å². The molecule has 6 heteroatoms. The minimum absolute atomic E-state index is 0.0950. The van der Waals surface area contributed by atoms with Gasteiger partial charge in [-0.1, -0.05) is 80.4 Å². The predicted octanol–water partition coefficient (Wildman–Crippen LogP) is 8.79. The van der Waals surface area contributed by atoms with Crippen molar-refractivity contribution in [3.63, 3.8) is 0 Å². The Kier molecular flexibility index (Phi) is 7.39. The second-order valence-electron chi connectivity index (χ2n) is 17.4. The number of aromatic nitrogens is 2. The van der Waals surface area contributed by atoms with Crippen molar-refractivity contribution in [1.82, 2.24) is 19.8 Å². The molecule has 2 aromatic heterocycles. The van der Waals surface area contributed by atoms with E-state index in [1.165, 1.54) is 51.4 Å². The van der Waals surface area contributed by atoms with E-state index in [1.54, 1.807) is 0 Å². The van der Waals surface area contributed by atoms with Gasteiger partial charge in [0.05, 0.1) is 35.0 Å². The summed E-state index contributed by atoms with van der Waals surface area (Å²) in [5.41, 5.74) is 4.94. The largest absolute Gasteiger partial charge is 0.352 e. The van der Waals surface area contributed by atoms with Crippen molar-refractivity contribution in [2.24, 2.45) is 33.5 Å². The van der Waals surface area contributed by atoms with Crippen LogP contribution in [-0.4, -0.2) is 57.1 Å². The molecule has 46 heavy (non-hydrogen) atoms. The van der Waals surface area contributed by atoms with Crippen LogP contribution in [0.1, 0.15) is 131 Å². The molecule has 2 aromatic rings. The van der Waals surface area contributed by atoms with Gasteiger partial charge in [-0.05, 0) is 85.5 Å². The first kappa shape index (κ1) is 31.4. The molecular formula is C40H58N4O2. The highest BCUT2D eigenvalue weighted by molar-refractivity contribution is 5.54. The third-order valence-electron chi connectivity index (χ3n) is 15.2. The van der Waals surface area contributed by atoms with Crippen LogP contribution >= 0.6 is 0 Å². The number of nitrogens with zero attached hydrogens (tertiary/aromatic N) is 4. The average Bonchev–Trinajstić information content (AvgIpc) is 3.80. The maximum atomic E-state index is 7.11. The molecule has 4 saturated carbocycles. The van der Waals surface area contributed by atoms with Gasteiger partial charge in [0.1, 0.15) is 0 Å². The minimum Gasteiger partial charge on any atom is -0.352 e. The number of unbranched alkanes of at least 4 members (excludes halogenated alkanes) is 2. The van der Waals surface area contributed by atoms with Gasteiger partial charge in [0.2, 0.25) is 0 Å². The molecule has 6 nitrogen and oxygen atoms in total. The van der Waals surface area contributed by atoms with Crippen LogP contribution in [0.4, 0.5) is 0 Å². The molecule has 250 valence electrons. The zero-order chi connectivity index (χ0) is 32.2. The van der Waals surface area contributed by atoms with Crippen molar-refractivity contribution in [2.75, 3.05) is 13.1 Å². The lowest BCUT2D eigenvalue weighted by Crippen LogP contribution is -2.43. The van der Waals surface area contributed by atoms with E-state index in [0.29, 0.717) is 34.7 Å². The molecule has 0 N–H and O–H groups in total. The normalized spacial score (nSPS) is 41.8. The van der Waals surface area contributed by atoms with Crippen LogP contribution in [-0.2, 0) is 9.47 Å². The molecule has 4 bridgehead atoms. The zero-order valence-corrected chi connectivity index (χ0v) is 29.8. The maximum absolute atomic E-state index is 7.11. The number of pyridine rings is 2. The highest BCUT2D eigenvalue weighted by atomic mass is 16.5. The Labute approximate surface area is 278 Å². The van der Waals surface area contributed by atoms with Gasteiger partial charge in [-0.3, -0.25) is 9.80 Å². The molecule has 10 atom stereocenters. The summed E-state index contributed by atoms with van der Waals surface area (Å²) in [5.74, 6) is 1.35. The van der Waals surface area contributed by atoms with Crippen LogP contribution in [0, 0.1) is 33.5 Å². The number of fused-ring (bicyclic) bond motifs is 10. The fraction of sp³-hybridized carbons (Fsp3) is 0.750. The van der Waals surface area contributed by atoms with Crippen molar-refractivity contribution < 1.29 is 9.47 Å². The Hall–Kier alpha value is -1.86. The first-order valence-corrected chi connectivity index (χ1v) is 18.7. The van der Waals surface area contributed by atoms with E-state index in [9.17, 15) is 0 Å². The van der Waals surface area contributed by atoms with E-state index in [-0.39, 0.29) is 35.5 Å². The summed E-state index contributed by atoms with van der Waals surface area (Å²) in [4.78, 5) is 16.0. The monoisotopic (exact) mass is 626 g/mol. The van der Waals surface area contributed by atoms with E-state index < -0.39 is 0 Å². The highest BCUT2D eigenvalue weighted by Gasteiger charge is 2.72. The Balaban J connectivity index is 1.09. The molecule has 0 spiro atoms. The minimum atomic E-state index is -0.0950. The summed E-state index contributed by atoms with van der Waals surface area (Å²) >= 11 is 0. The van der Waals surface area contributed by atoms with Gasteiger partial charge in [-0.15, -0.1) is 0 Å².